The number of benzene rings is 4. The molecule has 0 unspecified atom stereocenters. The molecule has 8 nitrogen and oxygen atoms in total. The second kappa shape index (κ2) is 12.6. The van der Waals surface area contributed by atoms with Gasteiger partial charge in [0.1, 0.15) is 11.8 Å². The summed E-state index contributed by atoms with van der Waals surface area (Å²) in [6.07, 6.45) is 3.20. The second-order valence-electron chi connectivity index (χ2n) is 11.3. The molecule has 44 heavy (non-hydrogen) atoms. The third-order valence-electron chi connectivity index (χ3n) is 8.06. The summed E-state index contributed by atoms with van der Waals surface area (Å²) in [4.78, 5) is 21.5. The highest BCUT2D eigenvalue weighted by molar-refractivity contribution is 5.84. The van der Waals surface area contributed by atoms with Gasteiger partial charge in [0.25, 0.3) is 0 Å². The highest BCUT2D eigenvalue weighted by atomic mass is 16.5. The van der Waals surface area contributed by atoms with Gasteiger partial charge in [-0.3, -0.25) is 4.79 Å². The van der Waals surface area contributed by atoms with E-state index in [9.17, 15) is 9.90 Å². The van der Waals surface area contributed by atoms with Crippen molar-refractivity contribution in [2.45, 2.75) is 45.2 Å². The molecule has 0 saturated carbocycles. The number of nitrogens with one attached hydrogen (secondary N) is 2. The van der Waals surface area contributed by atoms with Gasteiger partial charge in [-0.15, -0.1) is 0 Å². The summed E-state index contributed by atoms with van der Waals surface area (Å²) in [5.74, 6) is 0.729. The molecular formula is C36H35N5O3. The van der Waals surface area contributed by atoms with Gasteiger partial charge in [-0.2, -0.15) is 4.98 Å². The molecule has 5 N–H and O–H groups in total. The van der Waals surface area contributed by atoms with E-state index in [0.717, 1.165) is 49.8 Å². The number of aromatic hydroxyl groups is 1. The Morgan fingerprint density at radius 1 is 0.932 bits per heavy atom. The summed E-state index contributed by atoms with van der Waals surface area (Å²) in [5, 5.41) is 18.3. The van der Waals surface area contributed by atoms with E-state index >= 15 is 0 Å². The van der Waals surface area contributed by atoms with Gasteiger partial charge in [0.15, 0.2) is 5.82 Å². The zero-order valence-electron chi connectivity index (χ0n) is 24.7. The van der Waals surface area contributed by atoms with Gasteiger partial charge >= 0.3 is 0 Å². The molecule has 8 heteroatoms. The number of aromatic amines is 1. The first kappa shape index (κ1) is 28.9. The first-order chi connectivity index (χ1) is 21.3. The molecule has 0 fully saturated rings. The van der Waals surface area contributed by atoms with E-state index < -0.39 is 12.1 Å². The van der Waals surface area contributed by atoms with Crippen molar-refractivity contribution in [2.75, 3.05) is 0 Å². The Hall–Kier alpha value is -5.21. The van der Waals surface area contributed by atoms with Crippen LogP contribution in [0.15, 0.2) is 102 Å². The minimum Gasteiger partial charge on any atom is -0.508 e. The van der Waals surface area contributed by atoms with E-state index in [0.29, 0.717) is 31.0 Å². The molecule has 2 heterocycles. The number of phenols is 1. The summed E-state index contributed by atoms with van der Waals surface area (Å²) in [7, 11) is 0. The number of hydrogen-bond donors (Lipinski definition) is 4. The molecule has 0 bridgehead atoms. The number of nitrogens with two attached hydrogens (primary N) is 1. The van der Waals surface area contributed by atoms with Gasteiger partial charge < -0.3 is 25.7 Å². The van der Waals surface area contributed by atoms with Gasteiger partial charge in [0.2, 0.25) is 11.8 Å². The van der Waals surface area contributed by atoms with E-state index in [4.69, 9.17) is 15.2 Å². The van der Waals surface area contributed by atoms with Gasteiger partial charge in [-0.1, -0.05) is 78.0 Å². The maximum Gasteiger partial charge on any atom is 0.249 e. The Morgan fingerprint density at radius 3 is 2.36 bits per heavy atom. The summed E-state index contributed by atoms with van der Waals surface area (Å²) in [6, 6.07) is 28.5. The lowest BCUT2D eigenvalue weighted by Crippen LogP contribution is -2.44. The van der Waals surface area contributed by atoms with Crippen LogP contribution in [-0.4, -0.2) is 32.2 Å². The number of H-pyrrole nitrogens is 1. The molecule has 0 aliphatic heterocycles. The van der Waals surface area contributed by atoms with E-state index in [1.165, 1.54) is 0 Å². The molecule has 6 rings (SSSR count). The van der Waals surface area contributed by atoms with Crippen LogP contribution in [-0.2, 0) is 24.1 Å². The Morgan fingerprint density at radius 2 is 1.61 bits per heavy atom. The van der Waals surface area contributed by atoms with E-state index in [1.807, 2.05) is 62.5 Å². The lowest BCUT2D eigenvalue weighted by molar-refractivity contribution is -0.123. The van der Waals surface area contributed by atoms with E-state index in [1.54, 1.807) is 12.1 Å². The predicted molar refractivity (Wildman–Crippen MR) is 171 cm³/mol. The number of aromatic nitrogens is 3. The van der Waals surface area contributed by atoms with Gasteiger partial charge in [0.05, 0.1) is 6.04 Å². The number of phenolic OH excluding ortho intramolecular Hbond substituents is 1. The number of amides is 1. The molecule has 0 spiro atoms. The molecule has 0 radical (unpaired) electrons. The third kappa shape index (κ3) is 6.40. The van der Waals surface area contributed by atoms with Crippen molar-refractivity contribution in [2.24, 2.45) is 5.73 Å². The van der Waals surface area contributed by atoms with Gasteiger partial charge in [-0.25, -0.2) is 0 Å². The summed E-state index contributed by atoms with van der Waals surface area (Å²) >= 11 is 0. The van der Waals surface area contributed by atoms with Crippen molar-refractivity contribution in [1.29, 1.82) is 0 Å². The monoisotopic (exact) mass is 585 g/mol. The van der Waals surface area contributed by atoms with Crippen LogP contribution in [0.3, 0.4) is 0 Å². The summed E-state index contributed by atoms with van der Waals surface area (Å²) in [5.41, 5.74) is 14.5. The minimum absolute atomic E-state index is 0.194. The Labute approximate surface area is 256 Å². The number of aryl methyl sites for hydroxylation is 2. The Balaban J connectivity index is 1.22. The van der Waals surface area contributed by atoms with Crippen LogP contribution in [0.2, 0.25) is 0 Å². The van der Waals surface area contributed by atoms with Crippen molar-refractivity contribution in [1.82, 2.24) is 20.4 Å². The number of carbonyl (C=O) groups excluding carboxylic acids is 1. The number of fused-ring (bicyclic) bond motifs is 1. The van der Waals surface area contributed by atoms with Crippen LogP contribution in [0.1, 0.15) is 45.6 Å². The number of carbonyl (C=O) groups is 1. The molecule has 0 aliphatic rings. The average molecular weight is 586 g/mol. The van der Waals surface area contributed by atoms with E-state index in [-0.39, 0.29) is 11.7 Å². The van der Waals surface area contributed by atoms with Crippen molar-refractivity contribution < 1.29 is 14.4 Å². The minimum atomic E-state index is -0.812. The average Bonchev–Trinajstić information content (AvgIpc) is 3.66. The zero-order valence-corrected chi connectivity index (χ0v) is 24.7. The molecule has 1 amide bonds. The smallest absolute Gasteiger partial charge is 0.249 e. The number of rotatable bonds is 10. The molecule has 2 aromatic heterocycles. The topological polar surface area (TPSA) is 130 Å². The normalized spacial score (nSPS) is 12.7. The van der Waals surface area contributed by atoms with Crippen molar-refractivity contribution in [3.8, 4) is 16.9 Å². The number of hydrogen-bond acceptors (Lipinski definition) is 6. The highest BCUT2D eigenvalue weighted by Gasteiger charge is 2.26. The molecule has 0 saturated heterocycles. The fraction of sp³-hybridized carbons (Fsp3) is 0.194. The zero-order chi connectivity index (χ0) is 30.6. The molecule has 6 aromatic rings. The SMILES string of the molecule is Cc1cc(O)cc(C)c1C[C@H](N)C(=O)N[C@@H](Cc1c[nH]c2ccccc12)c1nc(Cc2ccc(-c3ccccc3)cc2)no1. The van der Waals surface area contributed by atoms with Crippen LogP contribution in [0.4, 0.5) is 0 Å². The van der Waals surface area contributed by atoms with Crippen LogP contribution in [0.25, 0.3) is 22.0 Å². The molecular weight excluding hydrogens is 550 g/mol. The largest absolute Gasteiger partial charge is 0.508 e. The van der Waals surface area contributed by atoms with Crippen LogP contribution in [0.5, 0.6) is 5.75 Å². The van der Waals surface area contributed by atoms with Gasteiger partial charge in [-0.05, 0) is 77.4 Å². The predicted octanol–water partition coefficient (Wildman–Crippen LogP) is 6.10. The van der Waals surface area contributed by atoms with Crippen molar-refractivity contribution >= 4 is 16.8 Å². The second-order valence-corrected chi connectivity index (χ2v) is 11.3. The summed E-state index contributed by atoms with van der Waals surface area (Å²) < 4.78 is 5.75. The van der Waals surface area contributed by atoms with Crippen LogP contribution >= 0.6 is 0 Å². The quantitative estimate of drug-likeness (QED) is 0.154. The highest BCUT2D eigenvalue weighted by Crippen LogP contribution is 2.26. The molecule has 222 valence electrons. The standard InChI is InChI=1S/C36H35N5O3/c1-22-16-28(42)17-23(2)30(22)20-31(37)35(43)39-33(19-27-21-38-32-11-7-6-10-29(27)32)36-40-34(41-44-36)18-24-12-14-26(15-13-24)25-8-4-3-5-9-25/h3-17,21,31,33,38,42H,18-20,37H2,1-2H3,(H,39,43)/t31-,33-/m0/s1. The van der Waals surface area contributed by atoms with Crippen LogP contribution < -0.4 is 11.1 Å². The lowest BCUT2D eigenvalue weighted by atomic mass is 9.95. The van der Waals surface area contributed by atoms with Crippen molar-refractivity contribution in [3.63, 3.8) is 0 Å². The lowest BCUT2D eigenvalue weighted by Gasteiger charge is -2.20. The summed E-state index contributed by atoms with van der Waals surface area (Å²) in [6.45, 7) is 3.81. The molecule has 2 atom stereocenters. The van der Waals surface area contributed by atoms with E-state index in [2.05, 4.69) is 51.9 Å². The Bertz CT molecular complexity index is 1870. The third-order valence-corrected chi connectivity index (χ3v) is 8.06. The van der Waals surface area contributed by atoms with Crippen LogP contribution in [0, 0.1) is 13.8 Å². The molecule has 4 aromatic carbocycles. The van der Waals surface area contributed by atoms with Crippen molar-refractivity contribution in [3.05, 3.63) is 137 Å². The maximum atomic E-state index is 13.5. The first-order valence-corrected chi connectivity index (χ1v) is 14.7. The fourth-order valence-corrected chi connectivity index (χ4v) is 5.71. The first-order valence-electron chi connectivity index (χ1n) is 14.7. The number of nitrogens with zero attached hydrogens (tertiary/aromatic N) is 2. The Kier molecular flexibility index (Phi) is 8.25. The maximum absolute atomic E-state index is 13.5. The van der Waals surface area contributed by atoms with Gasteiger partial charge in [0, 0.05) is 29.9 Å². The number of para-hydroxylation sites is 1. The molecule has 0 aliphatic carbocycles. The fourth-order valence-electron chi connectivity index (χ4n) is 5.71.